The summed E-state index contributed by atoms with van der Waals surface area (Å²) in [5.41, 5.74) is 10.9. The van der Waals surface area contributed by atoms with Crippen LogP contribution in [-0.2, 0) is 0 Å². The van der Waals surface area contributed by atoms with Gasteiger partial charge in [-0.2, -0.15) is 0 Å². The summed E-state index contributed by atoms with van der Waals surface area (Å²) in [6.45, 7) is 0. The molecule has 7 aromatic carbocycles. The number of hydrogen-bond acceptors (Lipinski definition) is 1. The normalized spacial score (nSPS) is 12.0. The SMILES string of the molecule is c1ccc(-n2c3ccccc3c3oc4c(ccc5c6ccccc6n(-c6cccc(-c7cccc8ccccc78)c6)c54)c32)cc1. The van der Waals surface area contributed by atoms with E-state index in [1.807, 2.05) is 0 Å². The Morgan fingerprint density at radius 2 is 0.956 bits per heavy atom. The van der Waals surface area contributed by atoms with E-state index in [0.29, 0.717) is 0 Å². The van der Waals surface area contributed by atoms with Crippen LogP contribution in [0.25, 0.3) is 88.1 Å². The van der Waals surface area contributed by atoms with Gasteiger partial charge in [-0.1, -0.05) is 109 Å². The predicted molar refractivity (Wildman–Crippen MR) is 188 cm³/mol. The van der Waals surface area contributed by atoms with E-state index < -0.39 is 0 Å². The first-order valence-corrected chi connectivity index (χ1v) is 15.4. The van der Waals surface area contributed by atoms with Gasteiger partial charge in [0.2, 0.25) is 0 Å². The molecule has 0 fully saturated rings. The highest BCUT2D eigenvalue weighted by molar-refractivity contribution is 6.24. The summed E-state index contributed by atoms with van der Waals surface area (Å²) in [5, 5.41) is 7.10. The van der Waals surface area contributed by atoms with Gasteiger partial charge in [0.1, 0.15) is 5.52 Å². The first-order chi connectivity index (χ1) is 22.3. The number of hydrogen-bond donors (Lipinski definition) is 0. The molecule has 0 saturated heterocycles. The molecule has 3 heteroatoms. The van der Waals surface area contributed by atoms with E-state index in [2.05, 4.69) is 167 Å². The lowest BCUT2D eigenvalue weighted by Crippen LogP contribution is -1.95. The van der Waals surface area contributed by atoms with E-state index in [4.69, 9.17) is 4.42 Å². The van der Waals surface area contributed by atoms with Crippen LogP contribution < -0.4 is 0 Å². The highest BCUT2D eigenvalue weighted by Gasteiger charge is 2.23. The number of para-hydroxylation sites is 3. The minimum absolute atomic E-state index is 0.902. The lowest BCUT2D eigenvalue weighted by Gasteiger charge is -2.12. The van der Waals surface area contributed by atoms with E-state index in [0.717, 1.165) is 55.4 Å². The van der Waals surface area contributed by atoms with Crippen LogP contribution in [0.15, 0.2) is 162 Å². The maximum atomic E-state index is 7.00. The van der Waals surface area contributed by atoms with Crippen LogP contribution in [0.5, 0.6) is 0 Å². The third-order valence-electron chi connectivity index (χ3n) is 9.30. The van der Waals surface area contributed by atoms with Crippen LogP contribution >= 0.6 is 0 Å². The van der Waals surface area contributed by atoms with E-state index in [9.17, 15) is 0 Å². The molecule has 0 aliphatic heterocycles. The molecule has 3 nitrogen and oxygen atoms in total. The number of benzene rings is 7. The molecule has 0 aliphatic carbocycles. The van der Waals surface area contributed by atoms with Crippen molar-refractivity contribution < 1.29 is 4.42 Å². The largest absolute Gasteiger partial charge is 0.451 e. The number of rotatable bonds is 3. The van der Waals surface area contributed by atoms with Crippen molar-refractivity contribution >= 4 is 65.6 Å². The van der Waals surface area contributed by atoms with Gasteiger partial charge >= 0.3 is 0 Å². The van der Waals surface area contributed by atoms with E-state index >= 15 is 0 Å². The average molecular weight is 575 g/mol. The molecular weight excluding hydrogens is 548 g/mol. The van der Waals surface area contributed by atoms with Crippen molar-refractivity contribution in [3.8, 4) is 22.5 Å². The molecule has 3 aromatic heterocycles. The topological polar surface area (TPSA) is 23.0 Å². The fraction of sp³-hybridized carbons (Fsp3) is 0. The molecule has 0 saturated carbocycles. The zero-order chi connectivity index (χ0) is 29.5. The second-order valence-electron chi connectivity index (χ2n) is 11.7. The maximum absolute atomic E-state index is 7.00. The Morgan fingerprint density at radius 3 is 1.82 bits per heavy atom. The maximum Gasteiger partial charge on any atom is 0.161 e. The molecular formula is C42H26N2O. The van der Waals surface area contributed by atoms with Crippen molar-refractivity contribution in [1.29, 1.82) is 0 Å². The standard InChI is InChI=1S/C42H26N2O/c1-2-15-29(16-3-1)43-38-23-9-7-20-35(38)41-40(43)36-25-24-34-33-19-6-8-22-37(33)44(39(34)42(36)45-41)30-17-10-14-28(26-30)32-21-11-13-27-12-4-5-18-31(27)32/h1-26H. The van der Waals surface area contributed by atoms with Gasteiger partial charge in [-0.15, -0.1) is 0 Å². The quantitative estimate of drug-likeness (QED) is 0.206. The fourth-order valence-corrected chi connectivity index (χ4v) is 7.38. The van der Waals surface area contributed by atoms with Gasteiger partial charge < -0.3 is 13.6 Å². The Labute approximate surface area is 258 Å². The van der Waals surface area contributed by atoms with Crippen LogP contribution in [0, 0.1) is 0 Å². The molecule has 210 valence electrons. The molecule has 0 unspecified atom stereocenters. The van der Waals surface area contributed by atoms with Gasteiger partial charge in [0.05, 0.1) is 16.6 Å². The average Bonchev–Trinajstić information content (AvgIpc) is 3.75. The van der Waals surface area contributed by atoms with Gasteiger partial charge in [-0.3, -0.25) is 0 Å². The smallest absolute Gasteiger partial charge is 0.161 e. The highest BCUT2D eigenvalue weighted by Crippen LogP contribution is 2.44. The van der Waals surface area contributed by atoms with Crippen molar-refractivity contribution in [2.45, 2.75) is 0 Å². The lowest BCUT2D eigenvalue weighted by atomic mass is 9.98. The van der Waals surface area contributed by atoms with E-state index in [1.165, 1.54) is 32.7 Å². The Bertz CT molecular complexity index is 2750. The van der Waals surface area contributed by atoms with E-state index in [1.54, 1.807) is 0 Å². The summed E-state index contributed by atoms with van der Waals surface area (Å²) in [5.74, 6) is 0. The summed E-state index contributed by atoms with van der Waals surface area (Å²) in [7, 11) is 0. The summed E-state index contributed by atoms with van der Waals surface area (Å²) in [6, 6.07) is 56.4. The second kappa shape index (κ2) is 9.22. The lowest BCUT2D eigenvalue weighted by molar-refractivity contribution is 0.675. The number of nitrogens with zero attached hydrogens (tertiary/aromatic N) is 2. The first-order valence-electron chi connectivity index (χ1n) is 15.4. The third kappa shape index (κ3) is 3.41. The van der Waals surface area contributed by atoms with Crippen molar-refractivity contribution in [3.63, 3.8) is 0 Å². The van der Waals surface area contributed by atoms with Gasteiger partial charge in [-0.05, 0) is 70.4 Å². The Morgan fingerprint density at radius 1 is 0.378 bits per heavy atom. The van der Waals surface area contributed by atoms with Gasteiger partial charge in [0.25, 0.3) is 0 Å². The molecule has 0 N–H and O–H groups in total. The molecule has 10 rings (SSSR count). The summed E-state index contributed by atoms with van der Waals surface area (Å²) >= 11 is 0. The Balaban J connectivity index is 1.32. The molecule has 10 aromatic rings. The third-order valence-corrected chi connectivity index (χ3v) is 9.30. The van der Waals surface area contributed by atoms with Crippen molar-refractivity contribution in [2.75, 3.05) is 0 Å². The van der Waals surface area contributed by atoms with Crippen LogP contribution in [0.3, 0.4) is 0 Å². The molecule has 0 spiro atoms. The summed E-state index contributed by atoms with van der Waals surface area (Å²) in [4.78, 5) is 0. The highest BCUT2D eigenvalue weighted by atomic mass is 16.3. The van der Waals surface area contributed by atoms with Gasteiger partial charge in [0, 0.05) is 32.9 Å². The number of furan rings is 1. The summed E-state index contributed by atoms with van der Waals surface area (Å²) in [6.07, 6.45) is 0. The predicted octanol–water partition coefficient (Wildman–Crippen LogP) is 11.4. The van der Waals surface area contributed by atoms with E-state index in [-0.39, 0.29) is 0 Å². The van der Waals surface area contributed by atoms with Crippen LogP contribution in [0.1, 0.15) is 0 Å². The van der Waals surface area contributed by atoms with Crippen molar-refractivity contribution in [1.82, 2.24) is 9.13 Å². The van der Waals surface area contributed by atoms with Crippen LogP contribution in [-0.4, -0.2) is 9.13 Å². The Hall–Kier alpha value is -6.06. The minimum atomic E-state index is 0.902. The van der Waals surface area contributed by atoms with Crippen LogP contribution in [0.4, 0.5) is 0 Å². The molecule has 0 aliphatic rings. The van der Waals surface area contributed by atoms with Crippen molar-refractivity contribution in [2.24, 2.45) is 0 Å². The van der Waals surface area contributed by atoms with Crippen LogP contribution in [0.2, 0.25) is 0 Å². The summed E-state index contributed by atoms with van der Waals surface area (Å²) < 4.78 is 11.7. The fourth-order valence-electron chi connectivity index (χ4n) is 7.38. The van der Waals surface area contributed by atoms with Crippen molar-refractivity contribution in [3.05, 3.63) is 158 Å². The molecule has 3 heterocycles. The molecule has 0 bridgehead atoms. The minimum Gasteiger partial charge on any atom is -0.451 e. The van der Waals surface area contributed by atoms with Gasteiger partial charge in [0.15, 0.2) is 11.2 Å². The monoisotopic (exact) mass is 574 g/mol. The zero-order valence-electron chi connectivity index (χ0n) is 24.3. The Kier molecular flexibility index (Phi) is 5.00. The zero-order valence-corrected chi connectivity index (χ0v) is 24.3. The second-order valence-corrected chi connectivity index (χ2v) is 11.7. The molecule has 0 radical (unpaired) electrons. The number of aromatic nitrogens is 2. The van der Waals surface area contributed by atoms with Gasteiger partial charge in [-0.25, -0.2) is 0 Å². The molecule has 45 heavy (non-hydrogen) atoms. The molecule has 0 amide bonds. The number of fused-ring (bicyclic) bond motifs is 10. The molecule has 0 atom stereocenters. The first kappa shape index (κ1) is 24.4.